The molecule has 0 bridgehead atoms. The maximum absolute atomic E-state index is 11.8. The van der Waals surface area contributed by atoms with Gasteiger partial charge in [0.2, 0.25) is 0 Å². The van der Waals surface area contributed by atoms with Gasteiger partial charge < -0.3 is 5.32 Å². The van der Waals surface area contributed by atoms with Crippen LogP contribution >= 0.6 is 11.3 Å². The van der Waals surface area contributed by atoms with Crippen molar-refractivity contribution in [1.82, 2.24) is 10.3 Å². The Balaban J connectivity index is 1.87. The molecular formula is C9H14N2OS2. The molecule has 1 aliphatic rings. The summed E-state index contributed by atoms with van der Waals surface area (Å²) in [5.74, 6) is 1.40. The number of nitrogens with one attached hydrogen (secondary N) is 1. The van der Waals surface area contributed by atoms with Gasteiger partial charge in [0.15, 0.2) is 4.34 Å². The molecule has 1 N–H and O–H groups in total. The Labute approximate surface area is 90.4 Å². The molecule has 2 heterocycles. The molecule has 2 rings (SSSR count). The average molecular weight is 230 g/mol. The lowest BCUT2D eigenvalue weighted by atomic mass is 10.0. The summed E-state index contributed by atoms with van der Waals surface area (Å²) < 4.78 is 12.6. The van der Waals surface area contributed by atoms with Crippen LogP contribution in [0.25, 0.3) is 0 Å². The molecule has 1 aliphatic heterocycles. The van der Waals surface area contributed by atoms with Gasteiger partial charge >= 0.3 is 0 Å². The lowest BCUT2D eigenvalue weighted by molar-refractivity contribution is 0.405. The van der Waals surface area contributed by atoms with Gasteiger partial charge in [-0.15, -0.1) is 11.3 Å². The summed E-state index contributed by atoms with van der Waals surface area (Å²) in [7, 11) is -0.870. The highest BCUT2D eigenvalue weighted by molar-refractivity contribution is 7.87. The van der Waals surface area contributed by atoms with Crippen LogP contribution in [0.1, 0.15) is 12.8 Å². The minimum atomic E-state index is -0.870. The van der Waals surface area contributed by atoms with Crippen LogP contribution in [0.5, 0.6) is 0 Å². The number of piperidine rings is 1. The van der Waals surface area contributed by atoms with Crippen molar-refractivity contribution in [3.8, 4) is 0 Å². The van der Waals surface area contributed by atoms with Crippen LogP contribution in [0.3, 0.4) is 0 Å². The minimum absolute atomic E-state index is 0.612. The smallest absolute Gasteiger partial charge is 0.180 e. The normalized spacial score (nSPS) is 20.9. The lowest BCUT2D eigenvalue weighted by Crippen LogP contribution is -2.30. The van der Waals surface area contributed by atoms with Gasteiger partial charge in [-0.1, -0.05) is 0 Å². The van der Waals surface area contributed by atoms with E-state index in [0.29, 0.717) is 5.92 Å². The van der Waals surface area contributed by atoms with Crippen LogP contribution < -0.4 is 5.32 Å². The van der Waals surface area contributed by atoms with Crippen molar-refractivity contribution in [2.24, 2.45) is 5.92 Å². The third-order valence-corrected chi connectivity index (χ3v) is 5.13. The molecule has 0 aliphatic carbocycles. The zero-order chi connectivity index (χ0) is 9.80. The predicted molar refractivity (Wildman–Crippen MR) is 59.0 cm³/mol. The van der Waals surface area contributed by atoms with Crippen molar-refractivity contribution in [3.63, 3.8) is 0 Å². The quantitative estimate of drug-likeness (QED) is 0.850. The number of thiazole rings is 1. The van der Waals surface area contributed by atoms with Gasteiger partial charge in [-0.3, -0.25) is 4.21 Å². The Hall–Kier alpha value is -0.260. The van der Waals surface area contributed by atoms with Crippen molar-refractivity contribution < 1.29 is 4.21 Å². The van der Waals surface area contributed by atoms with Crippen LogP contribution in [0.4, 0.5) is 0 Å². The third kappa shape index (κ3) is 2.62. The summed E-state index contributed by atoms with van der Waals surface area (Å²) in [5, 5.41) is 5.20. The Morgan fingerprint density at radius 2 is 2.36 bits per heavy atom. The van der Waals surface area contributed by atoms with E-state index in [1.54, 1.807) is 6.20 Å². The number of hydrogen-bond acceptors (Lipinski definition) is 4. The third-order valence-electron chi connectivity index (χ3n) is 2.45. The highest BCUT2D eigenvalue weighted by Gasteiger charge is 2.17. The van der Waals surface area contributed by atoms with E-state index < -0.39 is 10.8 Å². The van der Waals surface area contributed by atoms with Gasteiger partial charge in [0.05, 0.1) is 10.8 Å². The van der Waals surface area contributed by atoms with E-state index in [9.17, 15) is 4.21 Å². The van der Waals surface area contributed by atoms with E-state index in [1.165, 1.54) is 11.3 Å². The van der Waals surface area contributed by atoms with Gasteiger partial charge in [-0.25, -0.2) is 4.98 Å². The molecule has 0 amide bonds. The first-order chi connectivity index (χ1) is 6.86. The SMILES string of the molecule is O=[S@@](CC1CCNCC1)c1nccs1. The summed E-state index contributed by atoms with van der Waals surface area (Å²) in [4.78, 5) is 4.08. The minimum Gasteiger partial charge on any atom is -0.317 e. The maximum Gasteiger partial charge on any atom is 0.180 e. The lowest BCUT2D eigenvalue weighted by Gasteiger charge is -2.21. The van der Waals surface area contributed by atoms with E-state index in [2.05, 4.69) is 10.3 Å². The van der Waals surface area contributed by atoms with Crippen molar-refractivity contribution in [2.45, 2.75) is 17.2 Å². The van der Waals surface area contributed by atoms with Gasteiger partial charge in [-0.2, -0.15) is 0 Å². The standard InChI is InChI=1S/C9H14N2OS2/c12-14(9-11-5-6-13-9)7-8-1-3-10-4-2-8/h5-6,8,10H,1-4,7H2/t14-/m0/s1. The Morgan fingerprint density at radius 3 is 3.00 bits per heavy atom. The largest absolute Gasteiger partial charge is 0.317 e. The van der Waals surface area contributed by atoms with Crippen LogP contribution in [0.2, 0.25) is 0 Å². The molecule has 3 nitrogen and oxygen atoms in total. The van der Waals surface area contributed by atoms with E-state index in [4.69, 9.17) is 0 Å². The molecule has 0 unspecified atom stereocenters. The molecule has 0 spiro atoms. The summed E-state index contributed by atoms with van der Waals surface area (Å²) in [6, 6.07) is 0. The van der Waals surface area contributed by atoms with E-state index in [1.807, 2.05) is 5.38 Å². The number of aromatic nitrogens is 1. The summed E-state index contributed by atoms with van der Waals surface area (Å²) in [6.45, 7) is 2.14. The molecule has 1 aromatic heterocycles. The molecule has 14 heavy (non-hydrogen) atoms. The Bertz CT molecular complexity index is 294. The van der Waals surface area contributed by atoms with Crippen LogP contribution in [-0.4, -0.2) is 28.0 Å². The second-order valence-electron chi connectivity index (χ2n) is 3.50. The molecule has 1 aromatic rings. The Kier molecular flexibility index (Phi) is 3.67. The number of rotatable bonds is 3. The first kappa shape index (κ1) is 10.3. The first-order valence-electron chi connectivity index (χ1n) is 4.85. The predicted octanol–water partition coefficient (Wildman–Crippen LogP) is 1.25. The van der Waals surface area contributed by atoms with Crippen molar-refractivity contribution in [1.29, 1.82) is 0 Å². The van der Waals surface area contributed by atoms with Crippen molar-refractivity contribution in [2.75, 3.05) is 18.8 Å². The highest BCUT2D eigenvalue weighted by Crippen LogP contribution is 2.18. The molecular weight excluding hydrogens is 216 g/mol. The zero-order valence-electron chi connectivity index (χ0n) is 7.94. The van der Waals surface area contributed by atoms with Crippen molar-refractivity contribution in [3.05, 3.63) is 11.6 Å². The number of hydrogen-bond donors (Lipinski definition) is 1. The fourth-order valence-corrected chi connectivity index (χ4v) is 3.90. The molecule has 1 saturated heterocycles. The summed E-state index contributed by atoms with van der Waals surface area (Å²) >= 11 is 1.49. The van der Waals surface area contributed by atoms with Crippen LogP contribution in [0.15, 0.2) is 15.9 Å². The monoisotopic (exact) mass is 230 g/mol. The molecule has 1 atom stereocenters. The van der Waals surface area contributed by atoms with Crippen LogP contribution in [-0.2, 0) is 10.8 Å². The fraction of sp³-hybridized carbons (Fsp3) is 0.667. The van der Waals surface area contributed by atoms with Crippen molar-refractivity contribution >= 4 is 22.1 Å². The second kappa shape index (κ2) is 5.00. The molecule has 0 radical (unpaired) electrons. The second-order valence-corrected chi connectivity index (χ2v) is 6.07. The van der Waals surface area contributed by atoms with E-state index in [0.717, 1.165) is 36.0 Å². The van der Waals surface area contributed by atoms with E-state index >= 15 is 0 Å². The summed E-state index contributed by atoms with van der Waals surface area (Å²) in [5.41, 5.74) is 0. The molecule has 0 saturated carbocycles. The zero-order valence-corrected chi connectivity index (χ0v) is 9.57. The topological polar surface area (TPSA) is 42.0 Å². The van der Waals surface area contributed by atoms with E-state index in [-0.39, 0.29) is 0 Å². The molecule has 1 fully saturated rings. The first-order valence-corrected chi connectivity index (χ1v) is 7.04. The summed E-state index contributed by atoms with van der Waals surface area (Å²) in [6.07, 6.45) is 4.02. The van der Waals surface area contributed by atoms with Gasteiger partial charge in [0, 0.05) is 17.3 Å². The van der Waals surface area contributed by atoms with Gasteiger partial charge in [0.1, 0.15) is 0 Å². The maximum atomic E-state index is 11.8. The fourth-order valence-electron chi connectivity index (χ4n) is 1.66. The molecule has 5 heteroatoms. The molecule has 0 aromatic carbocycles. The number of nitrogens with zero attached hydrogens (tertiary/aromatic N) is 1. The van der Waals surface area contributed by atoms with Gasteiger partial charge in [-0.05, 0) is 31.8 Å². The van der Waals surface area contributed by atoms with Crippen LogP contribution in [0, 0.1) is 5.92 Å². The Morgan fingerprint density at radius 1 is 1.57 bits per heavy atom. The van der Waals surface area contributed by atoms with Gasteiger partial charge in [0.25, 0.3) is 0 Å². The molecule has 78 valence electrons. The average Bonchev–Trinajstić information content (AvgIpc) is 2.72. The highest BCUT2D eigenvalue weighted by atomic mass is 32.2.